The van der Waals surface area contributed by atoms with Crippen LogP contribution >= 0.6 is 0 Å². The number of hydrogen-bond donors (Lipinski definition) is 2. The molecule has 25 heavy (non-hydrogen) atoms. The molecule has 2 N–H and O–H groups in total. The quantitative estimate of drug-likeness (QED) is 0.264. The van der Waals surface area contributed by atoms with Crippen molar-refractivity contribution in [1.82, 2.24) is 5.32 Å². The van der Waals surface area contributed by atoms with Crippen molar-refractivity contribution in [2.45, 2.75) is 103 Å². The second kappa shape index (κ2) is 16.8. The van der Waals surface area contributed by atoms with Gasteiger partial charge in [-0.05, 0) is 6.42 Å². The average Bonchev–Trinajstić information content (AvgIpc) is 2.54. The van der Waals surface area contributed by atoms with Gasteiger partial charge in [0.25, 0.3) is 10.1 Å². The molecule has 1 amide bonds. The lowest BCUT2D eigenvalue weighted by Crippen LogP contribution is -2.28. The molecule has 0 heterocycles. The summed E-state index contributed by atoms with van der Waals surface area (Å²) < 4.78 is 29.6. The monoisotopic (exact) mass is 377 g/mol. The highest BCUT2D eigenvalue weighted by Crippen LogP contribution is 2.13. The Morgan fingerprint density at radius 2 is 1.16 bits per heavy atom. The molecule has 6 heteroatoms. The van der Waals surface area contributed by atoms with Crippen molar-refractivity contribution < 1.29 is 17.8 Å². The Morgan fingerprint density at radius 3 is 1.56 bits per heavy atom. The van der Waals surface area contributed by atoms with E-state index in [0.29, 0.717) is 6.42 Å². The minimum Gasteiger partial charge on any atom is -0.355 e. The molecule has 0 rings (SSSR count). The number of carbonyl (C=O) groups is 1. The van der Waals surface area contributed by atoms with E-state index in [1.165, 1.54) is 70.6 Å². The molecule has 0 aliphatic rings. The van der Waals surface area contributed by atoms with Gasteiger partial charge in [-0.25, -0.2) is 0 Å². The number of hydrogen-bond acceptors (Lipinski definition) is 3. The summed E-state index contributed by atoms with van der Waals surface area (Å²) in [4.78, 5) is 11.5. The maximum absolute atomic E-state index is 11.5. The van der Waals surface area contributed by atoms with Crippen LogP contribution in [0.1, 0.15) is 103 Å². The van der Waals surface area contributed by atoms with Gasteiger partial charge in [-0.2, -0.15) is 8.42 Å². The largest absolute Gasteiger partial charge is 0.355 e. The minimum absolute atomic E-state index is 0.0176. The van der Waals surface area contributed by atoms with Gasteiger partial charge in [0.15, 0.2) is 0 Å². The first-order valence-electron chi connectivity index (χ1n) is 10.2. The van der Waals surface area contributed by atoms with Crippen LogP contribution in [0, 0.1) is 0 Å². The van der Waals surface area contributed by atoms with Crippen LogP contribution in [-0.2, 0) is 14.9 Å². The van der Waals surface area contributed by atoms with Crippen LogP contribution in [0.3, 0.4) is 0 Å². The Morgan fingerprint density at radius 1 is 0.760 bits per heavy atom. The zero-order chi connectivity index (χ0) is 18.8. The topological polar surface area (TPSA) is 83.5 Å². The van der Waals surface area contributed by atoms with Gasteiger partial charge in [0.1, 0.15) is 0 Å². The van der Waals surface area contributed by atoms with Crippen molar-refractivity contribution in [3.8, 4) is 0 Å². The fourth-order valence-corrected chi connectivity index (χ4v) is 3.25. The van der Waals surface area contributed by atoms with Gasteiger partial charge in [-0.1, -0.05) is 90.4 Å². The molecule has 0 aromatic rings. The maximum Gasteiger partial charge on any atom is 0.266 e. The number of carbonyl (C=O) groups excluding carboxylic acids is 1. The summed E-state index contributed by atoms with van der Waals surface area (Å²) in [5, 5.41) is 2.51. The molecule has 0 aromatic heterocycles. The molecule has 0 spiro atoms. The molecule has 0 fully saturated rings. The molecule has 0 saturated carbocycles. The summed E-state index contributed by atoms with van der Waals surface area (Å²) in [6.07, 6.45) is 18.3. The van der Waals surface area contributed by atoms with E-state index in [0.717, 1.165) is 19.3 Å². The SMILES string of the molecule is CCCCCCCCCCCCCCCCC(=O)NCCS(=O)(=O)O. The van der Waals surface area contributed by atoms with Crippen LogP contribution < -0.4 is 5.32 Å². The van der Waals surface area contributed by atoms with Crippen LogP contribution in [0.4, 0.5) is 0 Å². The molecule has 0 aliphatic heterocycles. The van der Waals surface area contributed by atoms with Gasteiger partial charge in [-0.3, -0.25) is 9.35 Å². The van der Waals surface area contributed by atoms with Crippen molar-refractivity contribution in [2.24, 2.45) is 0 Å². The fraction of sp³-hybridized carbons (Fsp3) is 0.947. The third-order valence-corrected chi connectivity index (χ3v) is 5.16. The normalized spacial score (nSPS) is 11.6. The number of nitrogens with one attached hydrogen (secondary N) is 1. The van der Waals surface area contributed by atoms with Gasteiger partial charge in [0.2, 0.25) is 5.91 Å². The third kappa shape index (κ3) is 21.3. The second-order valence-electron chi connectivity index (χ2n) is 6.98. The molecule has 5 nitrogen and oxygen atoms in total. The second-order valence-corrected chi connectivity index (χ2v) is 8.55. The van der Waals surface area contributed by atoms with Crippen molar-refractivity contribution in [3.05, 3.63) is 0 Å². The minimum atomic E-state index is -3.98. The first kappa shape index (κ1) is 24.4. The molecule has 0 unspecified atom stereocenters. The molecule has 150 valence electrons. The van der Waals surface area contributed by atoms with E-state index in [4.69, 9.17) is 4.55 Å². The van der Waals surface area contributed by atoms with E-state index in [1.54, 1.807) is 0 Å². The van der Waals surface area contributed by atoms with E-state index in [1.807, 2.05) is 0 Å². The predicted molar refractivity (Wildman–Crippen MR) is 104 cm³/mol. The summed E-state index contributed by atoms with van der Waals surface area (Å²) in [6.45, 7) is 2.23. The Labute approximate surface area is 155 Å². The Kier molecular flexibility index (Phi) is 16.4. The molecule has 0 aliphatic carbocycles. The van der Waals surface area contributed by atoms with Gasteiger partial charge in [-0.15, -0.1) is 0 Å². The highest BCUT2D eigenvalue weighted by atomic mass is 32.2. The summed E-state index contributed by atoms with van der Waals surface area (Å²) in [6, 6.07) is 0. The Balaban J connectivity index is 3.19. The summed E-state index contributed by atoms with van der Waals surface area (Å²) in [5.74, 6) is -0.556. The first-order valence-corrected chi connectivity index (χ1v) is 11.8. The lowest BCUT2D eigenvalue weighted by Gasteiger charge is -2.04. The van der Waals surface area contributed by atoms with Crippen molar-refractivity contribution in [1.29, 1.82) is 0 Å². The highest BCUT2D eigenvalue weighted by molar-refractivity contribution is 7.85. The van der Waals surface area contributed by atoms with Crippen LogP contribution in [-0.4, -0.2) is 31.2 Å². The lowest BCUT2D eigenvalue weighted by molar-refractivity contribution is -0.121. The zero-order valence-corrected chi connectivity index (χ0v) is 16.9. The maximum atomic E-state index is 11.5. The van der Waals surface area contributed by atoms with E-state index >= 15 is 0 Å². The molecular weight excluding hydrogens is 338 g/mol. The van der Waals surface area contributed by atoms with Gasteiger partial charge < -0.3 is 5.32 Å². The van der Waals surface area contributed by atoms with Gasteiger partial charge >= 0.3 is 0 Å². The van der Waals surface area contributed by atoms with E-state index in [9.17, 15) is 13.2 Å². The molecule has 0 bridgehead atoms. The summed E-state index contributed by atoms with van der Waals surface area (Å²) >= 11 is 0. The Bertz CT molecular complexity index is 410. The molecular formula is C19H39NO4S. The summed E-state index contributed by atoms with van der Waals surface area (Å²) in [7, 11) is -3.98. The smallest absolute Gasteiger partial charge is 0.266 e. The lowest BCUT2D eigenvalue weighted by atomic mass is 10.0. The predicted octanol–water partition coefficient (Wildman–Crippen LogP) is 4.86. The molecule has 0 atom stereocenters. The number of amides is 1. The van der Waals surface area contributed by atoms with Crippen LogP contribution in [0.5, 0.6) is 0 Å². The van der Waals surface area contributed by atoms with E-state index in [2.05, 4.69) is 12.2 Å². The molecule has 0 aromatic carbocycles. The molecule has 0 radical (unpaired) electrons. The van der Waals surface area contributed by atoms with Crippen molar-refractivity contribution in [3.63, 3.8) is 0 Å². The highest BCUT2D eigenvalue weighted by Gasteiger charge is 2.06. The van der Waals surface area contributed by atoms with Crippen LogP contribution in [0.2, 0.25) is 0 Å². The van der Waals surface area contributed by atoms with E-state index in [-0.39, 0.29) is 12.5 Å². The van der Waals surface area contributed by atoms with E-state index < -0.39 is 15.9 Å². The van der Waals surface area contributed by atoms with Gasteiger partial charge in [0.05, 0.1) is 5.75 Å². The van der Waals surface area contributed by atoms with Gasteiger partial charge in [0, 0.05) is 13.0 Å². The van der Waals surface area contributed by atoms with Crippen molar-refractivity contribution in [2.75, 3.05) is 12.3 Å². The molecule has 0 saturated heterocycles. The summed E-state index contributed by atoms with van der Waals surface area (Å²) in [5.41, 5.74) is 0. The first-order chi connectivity index (χ1) is 12.0. The van der Waals surface area contributed by atoms with Crippen LogP contribution in [0.15, 0.2) is 0 Å². The number of unbranched alkanes of at least 4 members (excludes halogenated alkanes) is 13. The standard InChI is InChI=1S/C19H39NO4S/c1-2-3-4-5-6-7-8-9-10-11-12-13-14-15-16-19(21)20-17-18-25(22,23)24/h2-18H2,1H3,(H,20,21)(H,22,23,24). The third-order valence-electron chi connectivity index (χ3n) is 4.44. The van der Waals surface area contributed by atoms with Crippen LogP contribution in [0.25, 0.3) is 0 Å². The Hall–Kier alpha value is -0.620. The zero-order valence-electron chi connectivity index (χ0n) is 16.1. The number of rotatable bonds is 18. The van der Waals surface area contributed by atoms with Crippen molar-refractivity contribution >= 4 is 16.0 Å². The average molecular weight is 378 g/mol. The fourth-order valence-electron chi connectivity index (χ4n) is 2.89.